The van der Waals surface area contributed by atoms with Crippen molar-refractivity contribution in [3.8, 4) is 0 Å². The highest BCUT2D eigenvalue weighted by Crippen LogP contribution is 2.27. The van der Waals surface area contributed by atoms with Gasteiger partial charge in [0.1, 0.15) is 5.69 Å². The Labute approximate surface area is 126 Å². The number of hydrogen-bond donors (Lipinski definition) is 1. The van der Waals surface area contributed by atoms with E-state index in [1.165, 1.54) is 0 Å². The fourth-order valence-corrected chi connectivity index (χ4v) is 3.36. The molecule has 0 bridgehead atoms. The van der Waals surface area contributed by atoms with Crippen molar-refractivity contribution in [3.63, 3.8) is 0 Å². The van der Waals surface area contributed by atoms with Gasteiger partial charge in [0.15, 0.2) is 9.84 Å². The van der Waals surface area contributed by atoms with Crippen molar-refractivity contribution >= 4 is 15.8 Å². The topological polar surface area (TPSA) is 75.2 Å². The zero-order valence-corrected chi connectivity index (χ0v) is 12.6. The van der Waals surface area contributed by atoms with Crippen LogP contribution < -0.4 is 5.32 Å². The molecular formula is C12H17F3N4O2S. The van der Waals surface area contributed by atoms with E-state index in [2.05, 4.69) is 15.3 Å². The molecule has 10 heteroatoms. The van der Waals surface area contributed by atoms with E-state index >= 15 is 0 Å². The van der Waals surface area contributed by atoms with Gasteiger partial charge in [-0.3, -0.25) is 0 Å². The van der Waals surface area contributed by atoms with Crippen LogP contribution in [0, 0.1) is 0 Å². The minimum Gasteiger partial charge on any atom is -0.354 e. The molecule has 1 aromatic heterocycles. The zero-order valence-electron chi connectivity index (χ0n) is 11.8. The normalized spacial score (nSPS) is 19.0. The molecular weight excluding hydrogens is 321 g/mol. The number of rotatable bonds is 5. The Hall–Kier alpha value is -1.42. The summed E-state index contributed by atoms with van der Waals surface area (Å²) in [5.41, 5.74) is -0.980. The second-order valence-corrected chi connectivity index (χ2v) is 7.34. The maximum absolute atomic E-state index is 12.5. The maximum atomic E-state index is 12.5. The number of aromatic nitrogens is 2. The Morgan fingerprint density at radius 1 is 1.27 bits per heavy atom. The predicted molar refractivity (Wildman–Crippen MR) is 75.2 cm³/mol. The Morgan fingerprint density at radius 2 is 1.95 bits per heavy atom. The number of alkyl halides is 3. The molecule has 0 aromatic carbocycles. The van der Waals surface area contributed by atoms with E-state index in [4.69, 9.17) is 0 Å². The van der Waals surface area contributed by atoms with Gasteiger partial charge in [0, 0.05) is 25.8 Å². The van der Waals surface area contributed by atoms with Crippen LogP contribution >= 0.6 is 0 Å². The number of sulfone groups is 1. The summed E-state index contributed by atoms with van der Waals surface area (Å²) in [6, 6.07) is 0.819. The lowest BCUT2D eigenvalue weighted by Crippen LogP contribution is -2.41. The Morgan fingerprint density at radius 3 is 2.59 bits per heavy atom. The van der Waals surface area contributed by atoms with Crippen LogP contribution in [0.3, 0.4) is 0 Å². The molecule has 0 aliphatic carbocycles. The van der Waals surface area contributed by atoms with E-state index in [1.807, 2.05) is 4.90 Å². The largest absolute Gasteiger partial charge is 0.433 e. The van der Waals surface area contributed by atoms with Crippen molar-refractivity contribution < 1.29 is 21.6 Å². The van der Waals surface area contributed by atoms with Crippen molar-refractivity contribution in [2.45, 2.75) is 12.6 Å². The van der Waals surface area contributed by atoms with Crippen molar-refractivity contribution in [3.05, 3.63) is 18.0 Å². The molecule has 1 fully saturated rings. The van der Waals surface area contributed by atoms with Gasteiger partial charge in [-0.2, -0.15) is 13.2 Å². The minimum atomic E-state index is -4.49. The van der Waals surface area contributed by atoms with Crippen molar-refractivity contribution in [2.24, 2.45) is 0 Å². The summed E-state index contributed by atoms with van der Waals surface area (Å²) in [7, 11) is -2.89. The Balaban J connectivity index is 1.73. The van der Waals surface area contributed by atoms with Crippen LogP contribution in [0.4, 0.5) is 19.1 Å². The molecule has 6 nitrogen and oxygen atoms in total. The van der Waals surface area contributed by atoms with E-state index in [0.717, 1.165) is 12.3 Å². The van der Waals surface area contributed by atoms with Gasteiger partial charge < -0.3 is 10.2 Å². The first kappa shape index (κ1) is 16.9. The molecule has 2 rings (SSSR count). The smallest absolute Gasteiger partial charge is 0.354 e. The first-order valence-corrected chi connectivity index (χ1v) is 8.65. The van der Waals surface area contributed by atoms with Crippen LogP contribution in [0.5, 0.6) is 0 Å². The van der Waals surface area contributed by atoms with Gasteiger partial charge in [0.05, 0.1) is 11.5 Å². The average Bonchev–Trinajstić information content (AvgIpc) is 2.44. The lowest BCUT2D eigenvalue weighted by atomic mass is 10.3. The molecule has 0 saturated carbocycles. The molecule has 0 unspecified atom stereocenters. The number of halogens is 3. The number of anilines is 1. The fraction of sp³-hybridized carbons (Fsp3) is 0.667. The van der Waals surface area contributed by atoms with Gasteiger partial charge in [-0.15, -0.1) is 0 Å². The lowest BCUT2D eigenvalue weighted by molar-refractivity contribution is -0.141. The van der Waals surface area contributed by atoms with Gasteiger partial charge in [-0.1, -0.05) is 0 Å². The van der Waals surface area contributed by atoms with E-state index in [9.17, 15) is 21.6 Å². The molecule has 1 saturated heterocycles. The molecule has 0 spiro atoms. The van der Waals surface area contributed by atoms with Gasteiger partial charge in [0.25, 0.3) is 0 Å². The molecule has 1 aliphatic heterocycles. The summed E-state index contributed by atoms with van der Waals surface area (Å²) in [5.74, 6) is 0.268. The fourth-order valence-electron chi connectivity index (χ4n) is 2.08. The molecule has 0 atom stereocenters. The van der Waals surface area contributed by atoms with Crippen molar-refractivity contribution in [2.75, 3.05) is 43.0 Å². The van der Waals surface area contributed by atoms with Gasteiger partial charge >= 0.3 is 6.18 Å². The first-order chi connectivity index (χ1) is 10.3. The van der Waals surface area contributed by atoms with Crippen LogP contribution in [0.1, 0.15) is 12.1 Å². The highest BCUT2D eigenvalue weighted by atomic mass is 32.2. The van der Waals surface area contributed by atoms with Crippen LogP contribution in [0.25, 0.3) is 0 Å². The summed E-state index contributed by atoms with van der Waals surface area (Å²) < 4.78 is 60.0. The number of nitrogens with one attached hydrogen (secondary N) is 1. The second-order valence-electron chi connectivity index (χ2n) is 5.04. The monoisotopic (exact) mass is 338 g/mol. The molecule has 1 aromatic rings. The summed E-state index contributed by atoms with van der Waals surface area (Å²) in [6.07, 6.45) is -2.76. The minimum absolute atomic E-state index is 0.0592. The van der Waals surface area contributed by atoms with Crippen LogP contribution in [-0.4, -0.2) is 61.0 Å². The average molecular weight is 338 g/mol. The van der Waals surface area contributed by atoms with E-state index in [0.29, 0.717) is 32.6 Å². The van der Waals surface area contributed by atoms with Gasteiger partial charge in [-0.25, -0.2) is 18.4 Å². The molecule has 1 N–H and O–H groups in total. The SMILES string of the molecule is O=S1(=O)CCN(CCCNc2nccc(C(F)(F)F)n2)CC1. The lowest BCUT2D eigenvalue weighted by Gasteiger charge is -2.26. The van der Waals surface area contributed by atoms with E-state index in [1.54, 1.807) is 0 Å². The number of hydrogen-bond acceptors (Lipinski definition) is 6. The molecule has 0 amide bonds. The highest BCUT2D eigenvalue weighted by Gasteiger charge is 2.32. The number of nitrogens with zero attached hydrogens (tertiary/aromatic N) is 3. The second kappa shape index (κ2) is 6.78. The Kier molecular flexibility index (Phi) is 5.22. The van der Waals surface area contributed by atoms with Gasteiger partial charge in [-0.05, 0) is 19.0 Å². The third-order valence-corrected chi connectivity index (χ3v) is 4.93. The molecule has 2 heterocycles. The standard InChI is InChI=1S/C12H17F3N4O2S/c13-12(14,15)10-2-4-17-11(18-10)16-3-1-5-19-6-8-22(20,21)9-7-19/h2,4H,1,3,5-9H2,(H,16,17,18). The zero-order chi connectivity index (χ0) is 16.2. The summed E-state index contributed by atoms with van der Waals surface area (Å²) in [4.78, 5) is 9.17. The molecule has 0 radical (unpaired) electrons. The van der Waals surface area contributed by atoms with E-state index < -0.39 is 21.7 Å². The third kappa shape index (κ3) is 5.09. The van der Waals surface area contributed by atoms with Crippen LogP contribution in [0.2, 0.25) is 0 Å². The first-order valence-electron chi connectivity index (χ1n) is 6.83. The molecule has 1 aliphatic rings. The summed E-state index contributed by atoms with van der Waals surface area (Å²) >= 11 is 0. The molecule has 22 heavy (non-hydrogen) atoms. The van der Waals surface area contributed by atoms with E-state index in [-0.39, 0.29) is 17.5 Å². The quantitative estimate of drug-likeness (QED) is 0.808. The van der Waals surface area contributed by atoms with Crippen molar-refractivity contribution in [1.29, 1.82) is 0 Å². The van der Waals surface area contributed by atoms with Crippen molar-refractivity contribution in [1.82, 2.24) is 14.9 Å². The highest BCUT2D eigenvalue weighted by molar-refractivity contribution is 7.91. The predicted octanol–water partition coefficient (Wildman–Crippen LogP) is 1.03. The Bertz CT molecular complexity index is 593. The summed E-state index contributed by atoms with van der Waals surface area (Å²) in [5, 5.41) is 2.75. The molecule has 124 valence electrons. The maximum Gasteiger partial charge on any atom is 0.433 e. The van der Waals surface area contributed by atoms with Crippen LogP contribution in [-0.2, 0) is 16.0 Å². The summed E-state index contributed by atoms with van der Waals surface area (Å²) in [6.45, 7) is 2.11. The third-order valence-electron chi connectivity index (χ3n) is 3.32. The van der Waals surface area contributed by atoms with Gasteiger partial charge in [0.2, 0.25) is 5.95 Å². The van der Waals surface area contributed by atoms with Crippen LogP contribution in [0.15, 0.2) is 12.3 Å².